The molecule has 0 saturated heterocycles. The van der Waals surface area contributed by atoms with E-state index in [1.807, 2.05) is 62.9 Å². The van der Waals surface area contributed by atoms with Gasteiger partial charge in [0.2, 0.25) is 5.91 Å². The molecular formula is C17H21NO2. The Kier molecular flexibility index (Phi) is 4.28. The molecule has 2 rings (SSSR count). The number of carbonyl (C=O) groups is 1. The van der Waals surface area contributed by atoms with Crippen molar-refractivity contribution in [1.29, 1.82) is 0 Å². The molecule has 1 aromatic heterocycles. The van der Waals surface area contributed by atoms with Crippen molar-refractivity contribution in [2.75, 3.05) is 0 Å². The van der Waals surface area contributed by atoms with Gasteiger partial charge in [0.15, 0.2) is 0 Å². The first-order valence-electron chi connectivity index (χ1n) is 6.98. The average Bonchev–Trinajstić information content (AvgIpc) is 2.78. The molecule has 0 N–H and O–H groups in total. The van der Waals surface area contributed by atoms with Gasteiger partial charge in [0.05, 0.1) is 0 Å². The van der Waals surface area contributed by atoms with E-state index in [2.05, 4.69) is 0 Å². The van der Waals surface area contributed by atoms with Gasteiger partial charge in [-0.05, 0) is 45.9 Å². The Morgan fingerprint density at radius 3 is 2.40 bits per heavy atom. The van der Waals surface area contributed by atoms with Crippen molar-refractivity contribution in [2.45, 2.75) is 39.8 Å². The molecule has 0 aliphatic heterocycles. The number of para-hydroxylation sites is 1. The molecular weight excluding hydrogens is 250 g/mol. The van der Waals surface area contributed by atoms with E-state index >= 15 is 0 Å². The third-order valence-electron chi connectivity index (χ3n) is 3.20. The first-order chi connectivity index (χ1) is 9.49. The summed E-state index contributed by atoms with van der Waals surface area (Å²) in [4.78, 5) is 14.1. The second kappa shape index (κ2) is 5.95. The molecule has 0 aliphatic rings. The number of rotatable bonds is 4. The number of hydrogen-bond acceptors (Lipinski definition) is 2. The molecule has 3 heteroatoms. The first-order valence-corrected chi connectivity index (χ1v) is 6.98. The Balaban J connectivity index is 2.17. The van der Waals surface area contributed by atoms with Gasteiger partial charge in [-0.15, -0.1) is 0 Å². The van der Waals surface area contributed by atoms with Crippen molar-refractivity contribution < 1.29 is 9.21 Å². The summed E-state index contributed by atoms with van der Waals surface area (Å²) in [6.07, 6.45) is 3.32. The summed E-state index contributed by atoms with van der Waals surface area (Å²) in [5.74, 6) is 0.711. The Morgan fingerprint density at radius 1 is 1.15 bits per heavy atom. The van der Waals surface area contributed by atoms with Gasteiger partial charge in [-0.1, -0.05) is 18.2 Å². The summed E-state index contributed by atoms with van der Waals surface area (Å²) in [5, 5.41) is 1.05. The van der Waals surface area contributed by atoms with Crippen LogP contribution in [0.5, 0.6) is 0 Å². The molecule has 20 heavy (non-hydrogen) atoms. The molecule has 106 valence electrons. The molecule has 3 nitrogen and oxygen atoms in total. The SMILES string of the molecule is CC(C)N(C(=O)/C=C/c1cc2ccccc2o1)C(C)C. The molecule has 0 radical (unpaired) electrons. The fourth-order valence-electron chi connectivity index (χ4n) is 2.43. The zero-order chi connectivity index (χ0) is 14.7. The number of benzene rings is 1. The third kappa shape index (κ3) is 3.10. The number of carbonyl (C=O) groups excluding carboxylic acids is 1. The standard InChI is InChI=1S/C17H21NO2/c1-12(2)18(13(3)4)17(19)10-9-15-11-14-7-5-6-8-16(14)20-15/h5-13H,1-4H3/b10-9+. The second-order valence-corrected chi connectivity index (χ2v) is 5.45. The van der Waals surface area contributed by atoms with Crippen molar-refractivity contribution >= 4 is 23.0 Å². The summed E-state index contributed by atoms with van der Waals surface area (Å²) in [5.41, 5.74) is 0.837. The van der Waals surface area contributed by atoms with E-state index in [0.29, 0.717) is 5.76 Å². The maximum atomic E-state index is 12.2. The van der Waals surface area contributed by atoms with Crippen LogP contribution >= 0.6 is 0 Å². The lowest BCUT2D eigenvalue weighted by Gasteiger charge is -2.29. The Bertz CT molecular complexity index is 582. The van der Waals surface area contributed by atoms with Gasteiger partial charge in [0.1, 0.15) is 11.3 Å². The van der Waals surface area contributed by atoms with E-state index in [4.69, 9.17) is 4.42 Å². The first kappa shape index (κ1) is 14.4. The third-order valence-corrected chi connectivity index (χ3v) is 3.20. The minimum atomic E-state index is 0.00968. The van der Waals surface area contributed by atoms with E-state index in [-0.39, 0.29) is 18.0 Å². The number of furan rings is 1. The molecule has 1 amide bonds. The lowest BCUT2D eigenvalue weighted by Crippen LogP contribution is -2.41. The van der Waals surface area contributed by atoms with E-state index in [1.165, 1.54) is 0 Å². The van der Waals surface area contributed by atoms with Crippen LogP contribution in [0.4, 0.5) is 0 Å². The molecule has 0 unspecified atom stereocenters. The largest absolute Gasteiger partial charge is 0.457 e. The van der Waals surface area contributed by atoms with Crippen LogP contribution in [0.2, 0.25) is 0 Å². The van der Waals surface area contributed by atoms with E-state index in [9.17, 15) is 4.79 Å². The fraction of sp³-hybridized carbons (Fsp3) is 0.353. The number of fused-ring (bicyclic) bond motifs is 1. The van der Waals surface area contributed by atoms with Gasteiger partial charge in [0.25, 0.3) is 0 Å². The Morgan fingerprint density at radius 2 is 1.80 bits per heavy atom. The average molecular weight is 271 g/mol. The molecule has 1 heterocycles. The van der Waals surface area contributed by atoms with Crippen LogP contribution in [-0.4, -0.2) is 22.9 Å². The van der Waals surface area contributed by atoms with Gasteiger partial charge >= 0.3 is 0 Å². The predicted molar refractivity (Wildman–Crippen MR) is 82.4 cm³/mol. The number of nitrogens with zero attached hydrogens (tertiary/aromatic N) is 1. The van der Waals surface area contributed by atoms with E-state index in [0.717, 1.165) is 11.0 Å². The fourth-order valence-corrected chi connectivity index (χ4v) is 2.43. The van der Waals surface area contributed by atoms with Crippen molar-refractivity contribution in [2.24, 2.45) is 0 Å². The summed E-state index contributed by atoms with van der Waals surface area (Å²) >= 11 is 0. The molecule has 0 aliphatic carbocycles. The minimum absolute atomic E-state index is 0.00968. The maximum Gasteiger partial charge on any atom is 0.247 e. The lowest BCUT2D eigenvalue weighted by molar-refractivity contribution is -0.129. The van der Waals surface area contributed by atoms with Crippen LogP contribution < -0.4 is 0 Å². The monoisotopic (exact) mass is 271 g/mol. The van der Waals surface area contributed by atoms with Crippen LogP contribution in [-0.2, 0) is 4.79 Å². The van der Waals surface area contributed by atoms with Crippen molar-refractivity contribution in [3.05, 3.63) is 42.2 Å². The van der Waals surface area contributed by atoms with E-state index < -0.39 is 0 Å². The lowest BCUT2D eigenvalue weighted by atomic mass is 10.2. The normalized spacial score (nSPS) is 11.9. The number of hydrogen-bond donors (Lipinski definition) is 0. The quantitative estimate of drug-likeness (QED) is 0.785. The predicted octanol–water partition coefficient (Wildman–Crippen LogP) is 4.09. The summed E-state index contributed by atoms with van der Waals surface area (Å²) < 4.78 is 5.66. The highest BCUT2D eigenvalue weighted by Crippen LogP contribution is 2.19. The van der Waals surface area contributed by atoms with Crippen LogP contribution in [0, 0.1) is 0 Å². The molecule has 1 aromatic carbocycles. The number of amides is 1. The minimum Gasteiger partial charge on any atom is -0.457 e. The summed E-state index contributed by atoms with van der Waals surface area (Å²) in [7, 11) is 0. The van der Waals surface area contributed by atoms with Gasteiger partial charge in [-0.2, -0.15) is 0 Å². The topological polar surface area (TPSA) is 33.5 Å². The van der Waals surface area contributed by atoms with Crippen LogP contribution in [0.15, 0.2) is 40.8 Å². The molecule has 0 fully saturated rings. The highest BCUT2D eigenvalue weighted by Gasteiger charge is 2.17. The van der Waals surface area contributed by atoms with Gasteiger partial charge in [0, 0.05) is 23.5 Å². The summed E-state index contributed by atoms with van der Waals surface area (Å²) in [6, 6.07) is 10.1. The second-order valence-electron chi connectivity index (χ2n) is 5.45. The smallest absolute Gasteiger partial charge is 0.247 e. The molecule has 0 bridgehead atoms. The van der Waals surface area contributed by atoms with Crippen molar-refractivity contribution in [3.8, 4) is 0 Å². The zero-order valence-electron chi connectivity index (χ0n) is 12.5. The van der Waals surface area contributed by atoms with E-state index in [1.54, 1.807) is 12.2 Å². The molecule has 0 saturated carbocycles. The van der Waals surface area contributed by atoms with Crippen LogP contribution in [0.1, 0.15) is 33.5 Å². The molecule has 2 aromatic rings. The van der Waals surface area contributed by atoms with Gasteiger partial charge in [-0.3, -0.25) is 4.79 Å². The Hall–Kier alpha value is -2.03. The van der Waals surface area contributed by atoms with Crippen LogP contribution in [0.25, 0.3) is 17.0 Å². The van der Waals surface area contributed by atoms with Gasteiger partial charge < -0.3 is 9.32 Å². The summed E-state index contributed by atoms with van der Waals surface area (Å²) in [6.45, 7) is 8.08. The zero-order valence-corrected chi connectivity index (χ0v) is 12.5. The van der Waals surface area contributed by atoms with Gasteiger partial charge in [-0.25, -0.2) is 0 Å². The molecule has 0 atom stereocenters. The van der Waals surface area contributed by atoms with Crippen molar-refractivity contribution in [1.82, 2.24) is 4.90 Å². The maximum absolute atomic E-state index is 12.2. The highest BCUT2D eigenvalue weighted by atomic mass is 16.3. The highest BCUT2D eigenvalue weighted by molar-refractivity contribution is 5.92. The van der Waals surface area contributed by atoms with Crippen LogP contribution in [0.3, 0.4) is 0 Å². The Labute approximate surface area is 119 Å². The van der Waals surface area contributed by atoms with Crippen molar-refractivity contribution in [3.63, 3.8) is 0 Å². The molecule has 0 spiro atoms.